The molecule has 4 aromatic rings. The first-order valence-corrected chi connectivity index (χ1v) is 15.1. The zero-order valence-electron chi connectivity index (χ0n) is 25.2. The highest BCUT2D eigenvalue weighted by Gasteiger charge is 2.49. The van der Waals surface area contributed by atoms with Gasteiger partial charge in [0.2, 0.25) is 5.96 Å². The quantitative estimate of drug-likeness (QED) is 0.334. The van der Waals surface area contributed by atoms with Crippen molar-refractivity contribution in [1.82, 2.24) is 24.1 Å². The fourth-order valence-corrected chi connectivity index (χ4v) is 6.73. The van der Waals surface area contributed by atoms with Crippen LogP contribution in [0, 0.1) is 0 Å². The summed E-state index contributed by atoms with van der Waals surface area (Å²) in [6.07, 6.45) is 5.56. The average Bonchev–Trinajstić information content (AvgIpc) is 3.54. The Morgan fingerprint density at radius 1 is 0.956 bits per heavy atom. The van der Waals surface area contributed by atoms with Crippen LogP contribution in [0.3, 0.4) is 0 Å². The molecule has 2 aliphatic heterocycles. The van der Waals surface area contributed by atoms with Crippen LogP contribution in [0.15, 0.2) is 105 Å². The normalized spacial score (nSPS) is 20.2. The number of aromatic nitrogens is 3. The molecule has 1 aromatic heterocycles. The number of guanidine groups is 1. The Bertz CT molecular complexity index is 1940. The molecule has 0 saturated heterocycles. The van der Waals surface area contributed by atoms with Gasteiger partial charge in [-0.1, -0.05) is 42.8 Å². The molecule has 45 heavy (non-hydrogen) atoms. The molecular weight excluding hydrogens is 572 g/mol. The first-order chi connectivity index (χ1) is 21.9. The van der Waals surface area contributed by atoms with Crippen molar-refractivity contribution in [2.75, 3.05) is 20.8 Å². The van der Waals surface area contributed by atoms with E-state index in [2.05, 4.69) is 5.32 Å². The van der Waals surface area contributed by atoms with Crippen molar-refractivity contribution < 1.29 is 14.3 Å². The third-order valence-corrected chi connectivity index (χ3v) is 8.83. The van der Waals surface area contributed by atoms with Gasteiger partial charge in [0.1, 0.15) is 11.5 Å². The smallest absolute Gasteiger partial charge is 0.354 e. The molecule has 3 heterocycles. The molecule has 1 N–H and O–H groups in total. The van der Waals surface area contributed by atoms with Crippen molar-refractivity contribution in [3.63, 3.8) is 0 Å². The van der Waals surface area contributed by atoms with E-state index in [1.54, 1.807) is 73.5 Å². The highest BCUT2D eigenvalue weighted by Crippen LogP contribution is 2.42. The van der Waals surface area contributed by atoms with Crippen molar-refractivity contribution in [2.24, 2.45) is 4.99 Å². The van der Waals surface area contributed by atoms with Gasteiger partial charge in [0.15, 0.2) is 5.66 Å². The van der Waals surface area contributed by atoms with Crippen LogP contribution in [-0.2, 0) is 12.2 Å². The predicted molar refractivity (Wildman–Crippen MR) is 169 cm³/mol. The van der Waals surface area contributed by atoms with E-state index in [4.69, 9.17) is 14.5 Å². The number of nitrogens with zero attached hydrogens (tertiary/aromatic N) is 5. The number of carbonyl (C=O) groups is 1. The first kappa shape index (κ1) is 28.5. The number of benzene rings is 3. The molecule has 1 fully saturated rings. The number of allylic oxidation sites excluding steroid dienone is 1. The molecule has 0 radical (unpaired) electrons. The van der Waals surface area contributed by atoms with Crippen molar-refractivity contribution in [2.45, 2.75) is 43.9 Å². The number of para-hydroxylation sites is 1. The summed E-state index contributed by atoms with van der Waals surface area (Å²) in [5, 5.41) is 3.01. The van der Waals surface area contributed by atoms with Crippen LogP contribution >= 0.6 is 0 Å². The number of amides is 1. The van der Waals surface area contributed by atoms with Gasteiger partial charge in [-0.15, -0.1) is 0 Å². The van der Waals surface area contributed by atoms with Crippen molar-refractivity contribution in [3.8, 4) is 17.2 Å². The molecule has 1 saturated carbocycles. The van der Waals surface area contributed by atoms with Gasteiger partial charge in [0, 0.05) is 23.7 Å². The lowest BCUT2D eigenvalue weighted by Gasteiger charge is -2.38. The third kappa shape index (κ3) is 4.84. The van der Waals surface area contributed by atoms with Crippen molar-refractivity contribution in [1.29, 1.82) is 0 Å². The van der Waals surface area contributed by atoms with E-state index < -0.39 is 17.0 Å². The summed E-state index contributed by atoms with van der Waals surface area (Å²) in [5.41, 5.74) is 0.739. The first-order valence-electron chi connectivity index (χ1n) is 15.1. The van der Waals surface area contributed by atoms with Crippen LogP contribution in [0.2, 0.25) is 0 Å². The fraction of sp³-hybridized carbons (Fsp3) is 0.294. The Morgan fingerprint density at radius 2 is 1.71 bits per heavy atom. The number of ether oxygens (including phenoxy) is 2. The summed E-state index contributed by atoms with van der Waals surface area (Å²) in [6, 6.07) is 23.2. The standard InChI is InChI=1S/C34H34N6O5/c1-44-27-18-17-25(29(19-27)45-2)21-37-22-34(36-31(37)35-30(41)23-11-5-3-6-12-23)20-24-13-9-10-16-28(24)39-32(42)38(33(43)40(34)39)26-14-7-4-8-15-26/h3-8,11-12,14-15,17-20,28H,9-10,13,16,21-22H2,1-2H3,(H,35,36,41)/t28?,34-/m1/s1. The fourth-order valence-electron chi connectivity index (χ4n) is 6.73. The zero-order valence-corrected chi connectivity index (χ0v) is 25.2. The number of hydrogen-bond donors (Lipinski definition) is 1. The summed E-state index contributed by atoms with van der Waals surface area (Å²) in [7, 11) is 3.19. The Hall–Kier alpha value is -5.32. The van der Waals surface area contributed by atoms with Crippen LogP contribution < -0.4 is 26.2 Å². The van der Waals surface area contributed by atoms with Gasteiger partial charge in [-0.25, -0.2) is 23.8 Å². The topological polar surface area (TPSA) is 112 Å². The van der Waals surface area contributed by atoms with Gasteiger partial charge < -0.3 is 14.4 Å². The van der Waals surface area contributed by atoms with Gasteiger partial charge in [0.25, 0.3) is 5.91 Å². The summed E-state index contributed by atoms with van der Waals surface area (Å²) < 4.78 is 15.4. The molecule has 1 unspecified atom stereocenters. The molecule has 3 aromatic carbocycles. The SMILES string of the molecule is COc1ccc(CN2C[C@]3(C=C4CCCCC4n4c(=O)n(-c5ccccc5)c(=O)n43)N=C2NC(=O)c2ccccc2)c(OC)c1. The largest absolute Gasteiger partial charge is 0.497 e. The second-order valence-electron chi connectivity index (χ2n) is 11.5. The summed E-state index contributed by atoms with van der Waals surface area (Å²) in [6.45, 7) is 0.523. The van der Waals surface area contributed by atoms with Gasteiger partial charge >= 0.3 is 11.4 Å². The molecule has 3 aliphatic rings. The lowest BCUT2D eigenvalue weighted by atomic mass is 9.86. The Kier molecular flexibility index (Phi) is 7.15. The van der Waals surface area contributed by atoms with Gasteiger partial charge in [-0.2, -0.15) is 4.68 Å². The minimum Gasteiger partial charge on any atom is -0.497 e. The maximum absolute atomic E-state index is 14.3. The number of rotatable bonds is 6. The molecule has 1 amide bonds. The van der Waals surface area contributed by atoms with Crippen LogP contribution in [0.1, 0.15) is 47.6 Å². The van der Waals surface area contributed by atoms with Crippen LogP contribution in [-0.4, -0.2) is 51.5 Å². The molecule has 2 atom stereocenters. The van der Waals surface area contributed by atoms with Gasteiger partial charge in [0.05, 0.1) is 32.5 Å². The maximum Gasteiger partial charge on any atom is 0.354 e. The predicted octanol–water partition coefficient (Wildman–Crippen LogP) is 3.83. The van der Waals surface area contributed by atoms with Gasteiger partial charge in [-0.3, -0.25) is 10.1 Å². The van der Waals surface area contributed by atoms with E-state index in [1.165, 1.54) is 9.25 Å². The Labute approximate surface area is 259 Å². The number of carbonyl (C=O) groups excluding carboxylic acids is 1. The van der Waals surface area contributed by atoms with Crippen LogP contribution in [0.5, 0.6) is 11.5 Å². The molecule has 0 bridgehead atoms. The highest BCUT2D eigenvalue weighted by atomic mass is 16.5. The van der Waals surface area contributed by atoms with E-state index in [9.17, 15) is 14.4 Å². The Balaban J connectivity index is 1.39. The summed E-state index contributed by atoms with van der Waals surface area (Å²) >= 11 is 0. The number of methoxy groups -OCH3 is 2. The molecule has 11 heteroatoms. The molecule has 1 spiro atoms. The average molecular weight is 607 g/mol. The summed E-state index contributed by atoms with van der Waals surface area (Å²) in [4.78, 5) is 48.9. The van der Waals surface area contributed by atoms with E-state index in [0.29, 0.717) is 35.3 Å². The number of nitrogens with one attached hydrogen (secondary N) is 1. The summed E-state index contributed by atoms with van der Waals surface area (Å²) in [5.74, 6) is 1.23. The zero-order chi connectivity index (χ0) is 31.1. The van der Waals surface area contributed by atoms with Crippen molar-refractivity contribution in [3.05, 3.63) is 123 Å². The molecule has 11 nitrogen and oxygen atoms in total. The van der Waals surface area contributed by atoms with Crippen LogP contribution in [0.25, 0.3) is 5.69 Å². The lowest BCUT2D eigenvalue weighted by molar-refractivity contribution is 0.0972. The monoisotopic (exact) mass is 606 g/mol. The van der Waals surface area contributed by atoms with Crippen molar-refractivity contribution >= 4 is 11.9 Å². The van der Waals surface area contributed by atoms with Gasteiger partial charge in [-0.05, 0) is 67.3 Å². The van der Waals surface area contributed by atoms with Crippen LogP contribution in [0.4, 0.5) is 0 Å². The number of fused-ring (bicyclic) bond motifs is 4. The molecule has 7 rings (SSSR count). The maximum atomic E-state index is 14.3. The molecule has 230 valence electrons. The second-order valence-corrected chi connectivity index (χ2v) is 11.5. The van der Waals surface area contributed by atoms with E-state index >= 15 is 0 Å². The minimum absolute atomic E-state index is 0.209. The molecular formula is C34H34N6O5. The lowest BCUT2D eigenvalue weighted by Crippen LogP contribution is -2.50. The van der Waals surface area contributed by atoms with E-state index in [0.717, 1.165) is 36.8 Å². The highest BCUT2D eigenvalue weighted by molar-refractivity contribution is 6.06. The Morgan fingerprint density at radius 3 is 2.44 bits per heavy atom. The second kappa shape index (κ2) is 11.3. The minimum atomic E-state index is -1.27. The number of hydrogen-bond acceptors (Lipinski definition) is 7. The third-order valence-electron chi connectivity index (χ3n) is 8.83. The van der Waals surface area contributed by atoms with E-state index in [1.807, 2.05) is 35.2 Å². The van der Waals surface area contributed by atoms with E-state index in [-0.39, 0.29) is 18.5 Å². The number of aliphatic imine (C=N–C) groups is 1. The molecule has 1 aliphatic carbocycles.